The van der Waals surface area contributed by atoms with Crippen LogP contribution in [0.3, 0.4) is 0 Å². The SMILES string of the molecule is CO/N=C(\CCCCC(=O)OC)CCC1C(O[Si](C)(C)C)CC(O[Si](C)(C)C)C1CCC(=O)OC. The van der Waals surface area contributed by atoms with E-state index in [2.05, 4.69) is 44.4 Å². The maximum atomic E-state index is 12.0. The molecule has 0 aromatic heterocycles. The first kappa shape index (κ1) is 31.8. The van der Waals surface area contributed by atoms with E-state index >= 15 is 0 Å². The van der Waals surface area contributed by atoms with Crippen LogP contribution in [0.25, 0.3) is 0 Å². The molecule has 1 saturated carbocycles. The van der Waals surface area contributed by atoms with Gasteiger partial charge in [-0.05, 0) is 96.1 Å². The lowest BCUT2D eigenvalue weighted by Gasteiger charge is -2.31. The zero-order valence-electron chi connectivity index (χ0n) is 23.5. The van der Waals surface area contributed by atoms with Crippen LogP contribution < -0.4 is 0 Å². The van der Waals surface area contributed by atoms with Gasteiger partial charge in [-0.3, -0.25) is 9.59 Å². The number of hydrogen-bond acceptors (Lipinski definition) is 8. The predicted molar refractivity (Wildman–Crippen MR) is 143 cm³/mol. The van der Waals surface area contributed by atoms with Gasteiger partial charge in [0.05, 0.1) is 32.1 Å². The van der Waals surface area contributed by atoms with Gasteiger partial charge >= 0.3 is 11.9 Å². The Hall–Kier alpha value is -1.24. The summed E-state index contributed by atoms with van der Waals surface area (Å²) in [5, 5.41) is 4.28. The minimum Gasteiger partial charge on any atom is -0.469 e. The number of nitrogens with zero attached hydrogens (tertiary/aromatic N) is 1. The zero-order valence-corrected chi connectivity index (χ0v) is 25.5. The van der Waals surface area contributed by atoms with Crippen molar-refractivity contribution in [2.24, 2.45) is 17.0 Å². The Morgan fingerprint density at radius 2 is 1.17 bits per heavy atom. The lowest BCUT2D eigenvalue weighted by Crippen LogP contribution is -2.35. The molecule has 204 valence electrons. The third-order valence-electron chi connectivity index (χ3n) is 6.20. The molecule has 8 nitrogen and oxygen atoms in total. The van der Waals surface area contributed by atoms with Crippen LogP contribution in [0.2, 0.25) is 39.3 Å². The van der Waals surface area contributed by atoms with Crippen molar-refractivity contribution in [2.45, 2.75) is 109 Å². The van der Waals surface area contributed by atoms with E-state index in [0.29, 0.717) is 12.8 Å². The fourth-order valence-electron chi connectivity index (χ4n) is 4.87. The number of hydrogen-bond donors (Lipinski definition) is 0. The molecular weight excluding hydrogens is 482 g/mol. The second-order valence-corrected chi connectivity index (χ2v) is 20.3. The van der Waals surface area contributed by atoms with E-state index in [4.69, 9.17) is 23.2 Å². The molecule has 4 unspecified atom stereocenters. The van der Waals surface area contributed by atoms with Gasteiger partial charge in [0.2, 0.25) is 0 Å². The number of carbonyl (C=O) groups is 2. The van der Waals surface area contributed by atoms with Gasteiger partial charge in [-0.1, -0.05) is 5.16 Å². The first-order chi connectivity index (χ1) is 16.3. The first-order valence-electron chi connectivity index (χ1n) is 12.9. The summed E-state index contributed by atoms with van der Waals surface area (Å²) >= 11 is 0. The molecule has 10 heteroatoms. The van der Waals surface area contributed by atoms with Crippen molar-refractivity contribution < 1.29 is 32.8 Å². The fourth-order valence-corrected chi connectivity index (χ4v) is 7.23. The van der Waals surface area contributed by atoms with Crippen LogP contribution in [0.1, 0.15) is 57.8 Å². The molecule has 1 aliphatic rings. The molecule has 0 amide bonds. The predicted octanol–water partition coefficient (Wildman–Crippen LogP) is 5.53. The molecule has 0 aromatic carbocycles. The highest BCUT2D eigenvalue weighted by atomic mass is 28.4. The number of rotatable bonds is 16. The normalized spacial score (nSPS) is 23.3. The molecule has 0 spiro atoms. The highest BCUT2D eigenvalue weighted by molar-refractivity contribution is 6.70. The summed E-state index contributed by atoms with van der Waals surface area (Å²) in [5.41, 5.74) is 0.991. The Bertz CT molecular complexity index is 688. The average Bonchev–Trinajstić information content (AvgIpc) is 3.04. The van der Waals surface area contributed by atoms with Crippen molar-refractivity contribution in [1.82, 2.24) is 0 Å². The van der Waals surface area contributed by atoms with Crippen molar-refractivity contribution in [3.63, 3.8) is 0 Å². The van der Waals surface area contributed by atoms with Gasteiger partial charge in [-0.15, -0.1) is 0 Å². The number of carbonyl (C=O) groups excluding carboxylic acids is 2. The zero-order chi connectivity index (χ0) is 26.6. The highest BCUT2D eigenvalue weighted by Crippen LogP contribution is 2.44. The number of methoxy groups -OCH3 is 2. The van der Waals surface area contributed by atoms with Crippen LogP contribution in [0.5, 0.6) is 0 Å². The standard InChI is InChI=1S/C25H49NO7Si2/c1-29-24(27)13-11-10-12-19(26-31-3)14-15-20-21(16-17-25(28)30-2)23(33-35(7,8)9)18-22(20)32-34(4,5)6/h20-23H,10-18H2,1-9H3/b26-19+. The molecule has 0 bridgehead atoms. The number of esters is 2. The first-order valence-corrected chi connectivity index (χ1v) is 19.7. The minimum absolute atomic E-state index is 0.0838. The van der Waals surface area contributed by atoms with E-state index in [1.807, 2.05) is 0 Å². The maximum absolute atomic E-state index is 12.0. The van der Waals surface area contributed by atoms with Gasteiger partial charge in [0.1, 0.15) is 7.11 Å². The summed E-state index contributed by atoms with van der Waals surface area (Å²) in [7, 11) is 0.860. The molecule has 0 aliphatic heterocycles. The highest BCUT2D eigenvalue weighted by Gasteiger charge is 2.46. The summed E-state index contributed by atoms with van der Waals surface area (Å²) in [6.07, 6.45) is 6.65. The second-order valence-electron chi connectivity index (χ2n) is 11.4. The third kappa shape index (κ3) is 13.0. The summed E-state index contributed by atoms with van der Waals surface area (Å²) in [6.45, 7) is 13.3. The van der Waals surface area contributed by atoms with Gasteiger partial charge in [-0.25, -0.2) is 0 Å². The minimum atomic E-state index is -1.78. The van der Waals surface area contributed by atoms with Gasteiger partial charge in [0, 0.05) is 12.8 Å². The monoisotopic (exact) mass is 531 g/mol. The van der Waals surface area contributed by atoms with E-state index in [0.717, 1.165) is 50.7 Å². The van der Waals surface area contributed by atoms with Crippen molar-refractivity contribution >= 4 is 34.3 Å². The molecule has 0 N–H and O–H groups in total. The quantitative estimate of drug-likeness (QED) is 0.0849. The van der Waals surface area contributed by atoms with E-state index in [1.54, 1.807) is 7.11 Å². The molecule has 0 saturated heterocycles. The van der Waals surface area contributed by atoms with E-state index in [1.165, 1.54) is 14.2 Å². The van der Waals surface area contributed by atoms with Crippen molar-refractivity contribution in [3.8, 4) is 0 Å². The molecule has 35 heavy (non-hydrogen) atoms. The van der Waals surface area contributed by atoms with Crippen LogP contribution in [-0.2, 0) is 32.8 Å². The number of oxime groups is 1. The van der Waals surface area contributed by atoms with Crippen LogP contribution in [0.4, 0.5) is 0 Å². The molecule has 1 rings (SSSR count). The van der Waals surface area contributed by atoms with E-state index < -0.39 is 16.6 Å². The van der Waals surface area contributed by atoms with Crippen LogP contribution in [-0.4, -0.2) is 67.8 Å². The molecule has 1 fully saturated rings. The Labute approximate surface area is 214 Å². The summed E-state index contributed by atoms with van der Waals surface area (Å²) < 4.78 is 23.0. The fraction of sp³-hybridized carbons (Fsp3) is 0.880. The summed E-state index contributed by atoms with van der Waals surface area (Å²) in [6, 6.07) is 0. The number of unbranched alkanes of at least 4 members (excludes halogenated alkanes) is 1. The summed E-state index contributed by atoms with van der Waals surface area (Å²) in [5.74, 6) is 0.127. The van der Waals surface area contributed by atoms with Gasteiger partial charge in [-0.2, -0.15) is 0 Å². The Balaban J connectivity index is 3.00. The van der Waals surface area contributed by atoms with Crippen LogP contribution >= 0.6 is 0 Å². The Kier molecular flexibility index (Phi) is 13.7. The van der Waals surface area contributed by atoms with E-state index in [9.17, 15) is 9.59 Å². The van der Waals surface area contributed by atoms with Crippen LogP contribution in [0.15, 0.2) is 5.16 Å². The molecule has 1 aliphatic carbocycles. The second kappa shape index (κ2) is 15.1. The maximum Gasteiger partial charge on any atom is 0.305 e. The number of ether oxygens (including phenoxy) is 2. The Morgan fingerprint density at radius 1 is 0.714 bits per heavy atom. The summed E-state index contributed by atoms with van der Waals surface area (Å²) in [4.78, 5) is 28.5. The van der Waals surface area contributed by atoms with Gasteiger partial charge < -0.3 is 23.2 Å². The topological polar surface area (TPSA) is 92.7 Å². The molecule has 0 heterocycles. The smallest absolute Gasteiger partial charge is 0.305 e. The van der Waals surface area contributed by atoms with Crippen molar-refractivity contribution in [1.29, 1.82) is 0 Å². The molecule has 0 aromatic rings. The lowest BCUT2D eigenvalue weighted by molar-refractivity contribution is -0.141. The van der Waals surface area contributed by atoms with Crippen molar-refractivity contribution in [2.75, 3.05) is 21.3 Å². The third-order valence-corrected chi connectivity index (χ3v) is 8.22. The van der Waals surface area contributed by atoms with E-state index in [-0.39, 0.29) is 36.0 Å². The average molecular weight is 532 g/mol. The van der Waals surface area contributed by atoms with Crippen LogP contribution in [0, 0.1) is 11.8 Å². The van der Waals surface area contributed by atoms with Gasteiger partial charge in [0.15, 0.2) is 16.6 Å². The Morgan fingerprint density at radius 3 is 1.63 bits per heavy atom. The van der Waals surface area contributed by atoms with Gasteiger partial charge in [0.25, 0.3) is 0 Å². The molecule has 0 radical (unpaired) electrons. The van der Waals surface area contributed by atoms with Crippen molar-refractivity contribution in [3.05, 3.63) is 0 Å². The lowest BCUT2D eigenvalue weighted by atomic mass is 9.85. The molecule has 4 atom stereocenters. The largest absolute Gasteiger partial charge is 0.469 e. The molecular formula is C25H49NO7Si2.